The standard InChI is InChI=1S/C13H26/c1-5-6-7-8-9-10-11-13(4)12(2)3/h11-12H,5-10H2,1-4H3. The van der Waals surface area contributed by atoms with Crippen molar-refractivity contribution in [3.63, 3.8) is 0 Å². The molecule has 0 aliphatic heterocycles. The molecule has 0 aliphatic carbocycles. The van der Waals surface area contributed by atoms with Gasteiger partial charge in [-0.2, -0.15) is 0 Å². The third kappa shape index (κ3) is 8.08. The van der Waals surface area contributed by atoms with Gasteiger partial charge in [0.05, 0.1) is 0 Å². The summed E-state index contributed by atoms with van der Waals surface area (Å²) in [4.78, 5) is 0. The Hall–Kier alpha value is -0.260. The van der Waals surface area contributed by atoms with Crippen LogP contribution >= 0.6 is 0 Å². The van der Waals surface area contributed by atoms with E-state index in [-0.39, 0.29) is 0 Å². The first kappa shape index (κ1) is 12.7. The second-order valence-corrected chi connectivity index (χ2v) is 4.31. The van der Waals surface area contributed by atoms with E-state index in [1.54, 1.807) is 5.57 Å². The lowest BCUT2D eigenvalue weighted by atomic mass is 10.0. The smallest absolute Gasteiger partial charge is 0.0263 e. The maximum atomic E-state index is 2.41. The van der Waals surface area contributed by atoms with Crippen molar-refractivity contribution in [2.45, 2.75) is 66.2 Å². The van der Waals surface area contributed by atoms with Gasteiger partial charge in [-0.1, -0.05) is 58.1 Å². The Labute approximate surface area is 84.4 Å². The topological polar surface area (TPSA) is 0 Å². The molecule has 0 spiro atoms. The lowest BCUT2D eigenvalue weighted by Gasteiger charge is -2.04. The van der Waals surface area contributed by atoms with Gasteiger partial charge in [0, 0.05) is 0 Å². The minimum absolute atomic E-state index is 0.732. The highest BCUT2D eigenvalue weighted by atomic mass is 14.0. The largest absolute Gasteiger partial charge is 0.0854 e. The molecule has 0 unspecified atom stereocenters. The molecule has 0 aromatic heterocycles. The second kappa shape index (κ2) is 8.34. The third-order valence-electron chi connectivity index (χ3n) is 2.68. The number of hydrogen-bond donors (Lipinski definition) is 0. The van der Waals surface area contributed by atoms with Gasteiger partial charge in [0.25, 0.3) is 0 Å². The fourth-order valence-electron chi connectivity index (χ4n) is 1.31. The molecule has 0 N–H and O–H groups in total. The van der Waals surface area contributed by atoms with Crippen LogP contribution in [0.2, 0.25) is 0 Å². The van der Waals surface area contributed by atoms with E-state index in [0.29, 0.717) is 0 Å². The summed E-state index contributed by atoms with van der Waals surface area (Å²) in [5, 5.41) is 0. The minimum Gasteiger partial charge on any atom is -0.0854 e. The first-order valence-corrected chi connectivity index (χ1v) is 5.85. The van der Waals surface area contributed by atoms with Crippen LogP contribution in [0.5, 0.6) is 0 Å². The zero-order valence-corrected chi connectivity index (χ0v) is 9.90. The summed E-state index contributed by atoms with van der Waals surface area (Å²) in [7, 11) is 0. The van der Waals surface area contributed by atoms with Gasteiger partial charge < -0.3 is 0 Å². The van der Waals surface area contributed by atoms with Crippen LogP contribution in [0.3, 0.4) is 0 Å². The average molecular weight is 182 g/mol. The molecule has 0 rings (SSSR count). The van der Waals surface area contributed by atoms with Crippen LogP contribution < -0.4 is 0 Å². The van der Waals surface area contributed by atoms with Crippen molar-refractivity contribution in [3.8, 4) is 0 Å². The predicted molar refractivity (Wildman–Crippen MR) is 62.0 cm³/mol. The van der Waals surface area contributed by atoms with E-state index < -0.39 is 0 Å². The summed E-state index contributed by atoms with van der Waals surface area (Å²) in [5.41, 5.74) is 1.55. The number of rotatable bonds is 7. The molecule has 0 aliphatic rings. The summed E-state index contributed by atoms with van der Waals surface area (Å²) in [6.07, 6.45) is 10.7. The van der Waals surface area contributed by atoms with Gasteiger partial charge in [-0.05, 0) is 25.7 Å². The summed E-state index contributed by atoms with van der Waals surface area (Å²) in [6.45, 7) is 9.05. The normalized spacial score (nSPS) is 12.5. The van der Waals surface area contributed by atoms with E-state index >= 15 is 0 Å². The Bertz CT molecular complexity index is 131. The van der Waals surface area contributed by atoms with E-state index in [2.05, 4.69) is 33.8 Å². The van der Waals surface area contributed by atoms with Gasteiger partial charge >= 0.3 is 0 Å². The highest BCUT2D eigenvalue weighted by molar-refractivity contribution is 5.00. The number of unbranched alkanes of at least 4 members (excludes halogenated alkanes) is 5. The molecule has 0 saturated carbocycles. The quantitative estimate of drug-likeness (QED) is 0.386. The molecular formula is C13H26. The van der Waals surface area contributed by atoms with Crippen molar-refractivity contribution in [1.29, 1.82) is 0 Å². The Morgan fingerprint density at radius 1 is 1.08 bits per heavy atom. The molecule has 13 heavy (non-hydrogen) atoms. The summed E-state index contributed by atoms with van der Waals surface area (Å²) >= 11 is 0. The molecule has 0 radical (unpaired) electrons. The molecule has 0 heterocycles. The fraction of sp³-hybridized carbons (Fsp3) is 0.846. The van der Waals surface area contributed by atoms with Crippen LogP contribution in [0.4, 0.5) is 0 Å². The lowest BCUT2D eigenvalue weighted by Crippen LogP contribution is -1.88. The summed E-state index contributed by atoms with van der Waals surface area (Å²) in [5.74, 6) is 0.732. The van der Waals surface area contributed by atoms with E-state index in [1.165, 1.54) is 38.5 Å². The van der Waals surface area contributed by atoms with Crippen LogP contribution in [0.15, 0.2) is 11.6 Å². The Balaban J connectivity index is 3.29. The van der Waals surface area contributed by atoms with Crippen LogP contribution in [-0.4, -0.2) is 0 Å². The van der Waals surface area contributed by atoms with Gasteiger partial charge in [0.15, 0.2) is 0 Å². The lowest BCUT2D eigenvalue weighted by molar-refractivity contribution is 0.634. The Kier molecular flexibility index (Phi) is 8.18. The summed E-state index contributed by atoms with van der Waals surface area (Å²) in [6, 6.07) is 0. The van der Waals surface area contributed by atoms with Crippen molar-refractivity contribution in [2.24, 2.45) is 5.92 Å². The number of hydrogen-bond acceptors (Lipinski definition) is 0. The van der Waals surface area contributed by atoms with Gasteiger partial charge in [-0.25, -0.2) is 0 Å². The van der Waals surface area contributed by atoms with Crippen molar-refractivity contribution in [2.75, 3.05) is 0 Å². The van der Waals surface area contributed by atoms with E-state index in [1.807, 2.05) is 0 Å². The van der Waals surface area contributed by atoms with Crippen LogP contribution in [0.25, 0.3) is 0 Å². The van der Waals surface area contributed by atoms with Crippen LogP contribution in [0, 0.1) is 5.92 Å². The number of allylic oxidation sites excluding steroid dienone is 2. The molecule has 0 nitrogen and oxygen atoms in total. The van der Waals surface area contributed by atoms with Gasteiger partial charge in [-0.3, -0.25) is 0 Å². The Morgan fingerprint density at radius 3 is 2.23 bits per heavy atom. The Morgan fingerprint density at radius 2 is 1.69 bits per heavy atom. The molecule has 0 atom stereocenters. The maximum Gasteiger partial charge on any atom is -0.0263 e. The fourth-order valence-corrected chi connectivity index (χ4v) is 1.31. The van der Waals surface area contributed by atoms with Gasteiger partial charge in [-0.15, -0.1) is 0 Å². The zero-order valence-electron chi connectivity index (χ0n) is 9.90. The van der Waals surface area contributed by atoms with E-state index in [4.69, 9.17) is 0 Å². The first-order valence-electron chi connectivity index (χ1n) is 5.85. The van der Waals surface area contributed by atoms with Crippen LogP contribution in [-0.2, 0) is 0 Å². The van der Waals surface area contributed by atoms with E-state index in [0.717, 1.165) is 5.92 Å². The molecule has 0 fully saturated rings. The van der Waals surface area contributed by atoms with Crippen molar-refractivity contribution >= 4 is 0 Å². The SMILES string of the molecule is CCCCCCCC=C(C)C(C)C. The molecule has 0 aromatic rings. The third-order valence-corrected chi connectivity index (χ3v) is 2.68. The first-order chi connectivity index (χ1) is 6.18. The van der Waals surface area contributed by atoms with Crippen molar-refractivity contribution in [1.82, 2.24) is 0 Å². The summed E-state index contributed by atoms with van der Waals surface area (Å²) < 4.78 is 0. The maximum absolute atomic E-state index is 2.41. The average Bonchev–Trinajstić information content (AvgIpc) is 2.10. The highest BCUT2D eigenvalue weighted by Crippen LogP contribution is 2.11. The van der Waals surface area contributed by atoms with Crippen molar-refractivity contribution in [3.05, 3.63) is 11.6 Å². The molecule has 0 heteroatoms. The van der Waals surface area contributed by atoms with Gasteiger partial charge in [0.2, 0.25) is 0 Å². The predicted octanol–water partition coefficient (Wildman–Crippen LogP) is 4.95. The highest BCUT2D eigenvalue weighted by Gasteiger charge is 1.94. The van der Waals surface area contributed by atoms with Gasteiger partial charge in [0.1, 0.15) is 0 Å². The monoisotopic (exact) mass is 182 g/mol. The zero-order chi connectivity index (χ0) is 10.1. The molecular weight excluding hydrogens is 156 g/mol. The second-order valence-electron chi connectivity index (χ2n) is 4.31. The molecule has 0 aromatic carbocycles. The van der Waals surface area contributed by atoms with Crippen molar-refractivity contribution < 1.29 is 0 Å². The molecule has 0 saturated heterocycles. The molecule has 0 amide bonds. The minimum atomic E-state index is 0.732. The van der Waals surface area contributed by atoms with Crippen LogP contribution in [0.1, 0.15) is 66.2 Å². The molecule has 0 bridgehead atoms. The van der Waals surface area contributed by atoms with E-state index in [9.17, 15) is 0 Å². The molecule has 78 valence electrons.